The lowest BCUT2D eigenvalue weighted by molar-refractivity contribution is 0.0278. The number of likely N-dealkylation sites (tertiary alicyclic amines) is 1. The fourth-order valence-electron chi connectivity index (χ4n) is 3.45. The molecule has 1 amide bonds. The molecule has 2 fully saturated rings. The predicted molar refractivity (Wildman–Crippen MR) is 126 cm³/mol. The van der Waals surface area contributed by atoms with Crippen molar-refractivity contribution in [2.24, 2.45) is 10.9 Å². The molecule has 1 saturated carbocycles. The Morgan fingerprint density at radius 1 is 1.25 bits per heavy atom. The summed E-state index contributed by atoms with van der Waals surface area (Å²) in [7, 11) is 3.59. The molecule has 0 spiro atoms. The van der Waals surface area contributed by atoms with Crippen molar-refractivity contribution in [3.05, 3.63) is 0 Å². The molecule has 1 unspecified atom stereocenters. The normalized spacial score (nSPS) is 20.1. The summed E-state index contributed by atoms with van der Waals surface area (Å²) >= 11 is 0. The molecule has 2 aliphatic rings. The summed E-state index contributed by atoms with van der Waals surface area (Å²) in [6.07, 6.45) is 4.84. The SMILES string of the molecule is CN=C(NCC(C)CN(C)C(=O)OC(C)(C)C)NC1CCN(C2CC2)CC1.I. The summed E-state index contributed by atoms with van der Waals surface area (Å²) in [6.45, 7) is 11.5. The van der Waals surface area contributed by atoms with Gasteiger partial charge < -0.3 is 25.2 Å². The predicted octanol–water partition coefficient (Wildman–Crippen LogP) is 2.90. The summed E-state index contributed by atoms with van der Waals surface area (Å²) in [6, 6.07) is 1.36. The Balaban J connectivity index is 0.00000392. The first kappa shape index (κ1) is 25.3. The zero-order valence-electron chi connectivity index (χ0n) is 18.5. The molecular formula is C20H40IN5O2. The Labute approximate surface area is 188 Å². The maximum Gasteiger partial charge on any atom is 0.410 e. The van der Waals surface area contributed by atoms with E-state index in [9.17, 15) is 4.79 Å². The minimum atomic E-state index is -0.464. The Kier molecular flexibility index (Phi) is 10.3. The molecule has 1 atom stereocenters. The van der Waals surface area contributed by atoms with Crippen LogP contribution in [0.1, 0.15) is 53.4 Å². The summed E-state index contributed by atoms with van der Waals surface area (Å²) < 4.78 is 5.40. The lowest BCUT2D eigenvalue weighted by Crippen LogP contribution is -2.50. The van der Waals surface area contributed by atoms with E-state index in [1.807, 2.05) is 27.8 Å². The van der Waals surface area contributed by atoms with E-state index in [1.165, 1.54) is 38.8 Å². The molecule has 1 heterocycles. The first-order valence-corrected chi connectivity index (χ1v) is 10.3. The van der Waals surface area contributed by atoms with Crippen LogP contribution in [0.2, 0.25) is 0 Å². The van der Waals surface area contributed by atoms with Gasteiger partial charge in [-0.3, -0.25) is 4.99 Å². The number of aliphatic imine (C=N–C) groups is 1. The average Bonchev–Trinajstić information content (AvgIpc) is 3.42. The number of halogens is 1. The minimum absolute atomic E-state index is 0. The van der Waals surface area contributed by atoms with Gasteiger partial charge in [0, 0.05) is 52.4 Å². The van der Waals surface area contributed by atoms with Crippen LogP contribution in [-0.2, 0) is 4.74 Å². The lowest BCUT2D eigenvalue weighted by Gasteiger charge is -2.33. The smallest absolute Gasteiger partial charge is 0.410 e. The molecule has 0 bridgehead atoms. The molecule has 8 heteroatoms. The first-order valence-electron chi connectivity index (χ1n) is 10.3. The molecule has 1 aliphatic heterocycles. The van der Waals surface area contributed by atoms with E-state index in [1.54, 1.807) is 11.9 Å². The Morgan fingerprint density at radius 3 is 2.36 bits per heavy atom. The highest BCUT2D eigenvalue weighted by atomic mass is 127. The van der Waals surface area contributed by atoms with Crippen LogP contribution in [0, 0.1) is 5.92 Å². The van der Waals surface area contributed by atoms with Gasteiger partial charge >= 0.3 is 6.09 Å². The summed E-state index contributed by atoms with van der Waals surface area (Å²) in [4.78, 5) is 20.7. The van der Waals surface area contributed by atoms with Gasteiger partial charge in [0.15, 0.2) is 5.96 Å². The number of hydrogen-bond donors (Lipinski definition) is 2. The molecule has 0 radical (unpaired) electrons. The van der Waals surface area contributed by atoms with Crippen molar-refractivity contribution < 1.29 is 9.53 Å². The maximum atomic E-state index is 12.1. The molecular weight excluding hydrogens is 469 g/mol. The Morgan fingerprint density at radius 2 is 1.86 bits per heavy atom. The van der Waals surface area contributed by atoms with Gasteiger partial charge in [0.05, 0.1) is 0 Å². The van der Waals surface area contributed by atoms with Crippen LogP contribution < -0.4 is 10.6 Å². The number of piperidine rings is 1. The lowest BCUT2D eigenvalue weighted by atomic mass is 10.1. The van der Waals surface area contributed by atoms with Crippen molar-refractivity contribution in [3.8, 4) is 0 Å². The first-order chi connectivity index (χ1) is 12.7. The highest BCUT2D eigenvalue weighted by Gasteiger charge is 2.32. The van der Waals surface area contributed by atoms with Crippen molar-refractivity contribution in [2.45, 2.75) is 71.1 Å². The van der Waals surface area contributed by atoms with Crippen molar-refractivity contribution in [3.63, 3.8) is 0 Å². The number of ether oxygens (including phenoxy) is 1. The third-order valence-corrected chi connectivity index (χ3v) is 5.07. The third kappa shape index (κ3) is 9.15. The number of nitrogens with one attached hydrogen (secondary N) is 2. The van der Waals surface area contributed by atoms with Gasteiger partial charge in [-0.05, 0) is 52.4 Å². The number of guanidine groups is 1. The third-order valence-electron chi connectivity index (χ3n) is 5.07. The molecule has 1 aliphatic carbocycles. The molecule has 2 rings (SSSR count). The molecule has 0 aromatic rings. The van der Waals surface area contributed by atoms with Gasteiger partial charge in [-0.1, -0.05) is 6.92 Å². The fraction of sp³-hybridized carbons (Fsp3) is 0.900. The van der Waals surface area contributed by atoms with E-state index in [-0.39, 0.29) is 36.0 Å². The van der Waals surface area contributed by atoms with Gasteiger partial charge in [0.2, 0.25) is 0 Å². The zero-order valence-corrected chi connectivity index (χ0v) is 20.8. The van der Waals surface area contributed by atoms with Crippen molar-refractivity contribution >= 4 is 36.0 Å². The van der Waals surface area contributed by atoms with E-state index in [4.69, 9.17) is 4.74 Å². The number of nitrogens with zero attached hydrogens (tertiary/aromatic N) is 3. The number of amides is 1. The van der Waals surface area contributed by atoms with Crippen molar-refractivity contribution in [1.29, 1.82) is 0 Å². The van der Waals surface area contributed by atoms with Gasteiger partial charge in [-0.25, -0.2) is 4.79 Å². The minimum Gasteiger partial charge on any atom is -0.444 e. The maximum absolute atomic E-state index is 12.1. The number of hydrogen-bond acceptors (Lipinski definition) is 4. The summed E-state index contributed by atoms with van der Waals surface area (Å²) in [5.41, 5.74) is -0.464. The van der Waals surface area contributed by atoms with Gasteiger partial charge in [0.1, 0.15) is 5.60 Å². The van der Waals surface area contributed by atoms with E-state index in [2.05, 4.69) is 27.4 Å². The molecule has 2 N–H and O–H groups in total. The fourth-order valence-corrected chi connectivity index (χ4v) is 3.45. The Hall–Kier alpha value is -0.770. The second-order valence-electron chi connectivity index (χ2n) is 9.10. The zero-order chi connectivity index (χ0) is 20.0. The Bertz CT molecular complexity index is 511. The average molecular weight is 509 g/mol. The quantitative estimate of drug-likeness (QED) is 0.328. The summed E-state index contributed by atoms with van der Waals surface area (Å²) in [5, 5.41) is 6.96. The number of carbonyl (C=O) groups excluding carboxylic acids is 1. The second kappa shape index (κ2) is 11.4. The van der Waals surface area contributed by atoms with Crippen LogP contribution in [0.25, 0.3) is 0 Å². The number of carbonyl (C=O) groups is 1. The van der Waals surface area contributed by atoms with E-state index in [0.717, 1.165) is 18.5 Å². The molecule has 164 valence electrons. The van der Waals surface area contributed by atoms with E-state index >= 15 is 0 Å². The van der Waals surface area contributed by atoms with E-state index < -0.39 is 5.60 Å². The van der Waals surface area contributed by atoms with Gasteiger partial charge in [-0.15, -0.1) is 24.0 Å². The highest BCUT2D eigenvalue weighted by Crippen LogP contribution is 2.29. The van der Waals surface area contributed by atoms with Gasteiger partial charge in [0.25, 0.3) is 0 Å². The van der Waals surface area contributed by atoms with Crippen LogP contribution in [0.5, 0.6) is 0 Å². The summed E-state index contributed by atoms with van der Waals surface area (Å²) in [5.74, 6) is 1.14. The molecule has 0 aromatic carbocycles. The van der Waals surface area contributed by atoms with Crippen molar-refractivity contribution in [1.82, 2.24) is 20.4 Å². The molecule has 0 aromatic heterocycles. The molecule has 1 saturated heterocycles. The topological polar surface area (TPSA) is 69.2 Å². The van der Waals surface area contributed by atoms with E-state index in [0.29, 0.717) is 12.6 Å². The number of rotatable bonds is 6. The van der Waals surface area contributed by atoms with Gasteiger partial charge in [-0.2, -0.15) is 0 Å². The second-order valence-corrected chi connectivity index (χ2v) is 9.10. The van der Waals surface area contributed by atoms with Crippen LogP contribution in [0.15, 0.2) is 4.99 Å². The van der Waals surface area contributed by atoms with Crippen molar-refractivity contribution in [2.75, 3.05) is 40.3 Å². The monoisotopic (exact) mass is 509 g/mol. The van der Waals surface area contributed by atoms with Crippen LogP contribution in [0.3, 0.4) is 0 Å². The highest BCUT2D eigenvalue weighted by molar-refractivity contribution is 14.0. The standard InChI is InChI=1S/C20H39N5O2.HI/c1-15(14-24(6)19(26)27-20(2,3)4)13-22-18(21-5)23-16-9-11-25(12-10-16)17-7-8-17;/h15-17H,7-14H2,1-6H3,(H2,21,22,23);1H. The van der Waals surface area contributed by atoms with Crippen LogP contribution >= 0.6 is 24.0 Å². The largest absolute Gasteiger partial charge is 0.444 e. The van der Waals surface area contributed by atoms with Crippen LogP contribution in [-0.4, -0.2) is 79.8 Å². The molecule has 7 nitrogen and oxygen atoms in total. The molecule has 28 heavy (non-hydrogen) atoms. The van der Waals surface area contributed by atoms with Crippen LogP contribution in [0.4, 0.5) is 4.79 Å².